The molecule has 106 valence electrons. The summed E-state index contributed by atoms with van der Waals surface area (Å²) in [5.41, 5.74) is 2.74. The molecule has 2 rings (SSSR count). The number of ether oxygens (including phenoxy) is 1. The second-order valence-electron chi connectivity index (χ2n) is 3.83. The molecule has 0 spiro atoms. The van der Waals surface area contributed by atoms with Crippen molar-refractivity contribution in [1.29, 1.82) is 0 Å². The first-order chi connectivity index (χ1) is 9.67. The number of hydrogen-bond acceptors (Lipinski definition) is 7. The molecule has 20 heavy (non-hydrogen) atoms. The van der Waals surface area contributed by atoms with Crippen molar-refractivity contribution in [2.24, 2.45) is 5.84 Å². The molecule has 9 nitrogen and oxygen atoms in total. The molecular formula is C11H15N7O2. The molecule has 9 heteroatoms. The van der Waals surface area contributed by atoms with Gasteiger partial charge in [-0.15, -0.1) is 0 Å². The Hall–Kier alpha value is -2.52. The molecule has 2 aromatic heterocycles. The van der Waals surface area contributed by atoms with E-state index in [1.54, 1.807) is 32.5 Å². The number of hydrazine groups is 1. The number of rotatable bonds is 5. The van der Waals surface area contributed by atoms with Crippen molar-refractivity contribution in [3.63, 3.8) is 0 Å². The maximum Gasteiger partial charge on any atom is 0.271 e. The Kier molecular flexibility index (Phi) is 4.23. The highest BCUT2D eigenvalue weighted by Gasteiger charge is 2.11. The quantitative estimate of drug-likeness (QED) is 0.495. The first kappa shape index (κ1) is 13.9. The smallest absolute Gasteiger partial charge is 0.271 e. The number of anilines is 1. The molecule has 0 aromatic carbocycles. The second kappa shape index (κ2) is 6.08. The van der Waals surface area contributed by atoms with Gasteiger partial charge in [-0.1, -0.05) is 0 Å². The van der Waals surface area contributed by atoms with Gasteiger partial charge < -0.3 is 15.5 Å². The fourth-order valence-electron chi connectivity index (χ4n) is 1.57. The van der Waals surface area contributed by atoms with Crippen LogP contribution in [0.1, 0.15) is 16.3 Å². The van der Waals surface area contributed by atoms with Crippen LogP contribution in [0.25, 0.3) is 5.82 Å². The summed E-state index contributed by atoms with van der Waals surface area (Å²) in [6.07, 6.45) is 1.63. The highest BCUT2D eigenvalue weighted by atomic mass is 16.5. The molecule has 1 amide bonds. The van der Waals surface area contributed by atoms with Crippen LogP contribution in [0.5, 0.6) is 0 Å². The van der Waals surface area contributed by atoms with Crippen molar-refractivity contribution in [3.05, 3.63) is 29.8 Å². The minimum atomic E-state index is -0.271. The van der Waals surface area contributed by atoms with Crippen LogP contribution in [0.2, 0.25) is 0 Å². The fraction of sp³-hybridized carbons (Fsp3) is 0.273. The predicted octanol–water partition coefficient (Wildman–Crippen LogP) is -0.546. The van der Waals surface area contributed by atoms with Crippen LogP contribution in [0.4, 0.5) is 5.82 Å². The molecule has 0 radical (unpaired) electrons. The Morgan fingerprint density at radius 2 is 2.30 bits per heavy atom. The van der Waals surface area contributed by atoms with Gasteiger partial charge in [-0.25, -0.2) is 20.5 Å². The van der Waals surface area contributed by atoms with Crippen molar-refractivity contribution >= 4 is 11.7 Å². The van der Waals surface area contributed by atoms with Crippen LogP contribution in [-0.4, -0.2) is 39.8 Å². The third kappa shape index (κ3) is 2.90. The molecule has 0 aliphatic rings. The van der Waals surface area contributed by atoms with Gasteiger partial charge in [0.25, 0.3) is 5.91 Å². The minimum Gasteiger partial charge on any atom is -0.377 e. The number of hydrogen-bond donors (Lipinski definition) is 3. The Morgan fingerprint density at radius 3 is 2.95 bits per heavy atom. The normalized spacial score (nSPS) is 10.3. The molecule has 0 unspecified atom stereocenters. The van der Waals surface area contributed by atoms with Gasteiger partial charge in [-0.05, 0) is 6.07 Å². The number of carbonyl (C=O) groups excluding carboxylic acids is 1. The molecule has 2 aromatic rings. The van der Waals surface area contributed by atoms with Crippen LogP contribution < -0.4 is 16.6 Å². The molecule has 4 N–H and O–H groups in total. The van der Waals surface area contributed by atoms with Gasteiger partial charge in [-0.2, -0.15) is 5.10 Å². The van der Waals surface area contributed by atoms with E-state index < -0.39 is 0 Å². The molecule has 0 aliphatic carbocycles. The lowest BCUT2D eigenvalue weighted by Gasteiger charge is -2.07. The summed E-state index contributed by atoms with van der Waals surface area (Å²) in [6.45, 7) is 0.242. The summed E-state index contributed by atoms with van der Waals surface area (Å²) >= 11 is 0. The molecule has 2 heterocycles. The van der Waals surface area contributed by atoms with Gasteiger partial charge in [0.2, 0.25) is 0 Å². The maximum absolute atomic E-state index is 11.5. The maximum atomic E-state index is 11.5. The van der Waals surface area contributed by atoms with Gasteiger partial charge in [0.1, 0.15) is 12.4 Å². The van der Waals surface area contributed by atoms with E-state index in [1.165, 1.54) is 4.68 Å². The number of methoxy groups -OCH3 is 1. The van der Waals surface area contributed by atoms with Crippen molar-refractivity contribution in [2.75, 3.05) is 19.6 Å². The summed E-state index contributed by atoms with van der Waals surface area (Å²) in [4.78, 5) is 19.9. The van der Waals surface area contributed by atoms with Gasteiger partial charge in [0, 0.05) is 26.4 Å². The Bertz CT molecular complexity index is 611. The largest absolute Gasteiger partial charge is 0.377 e. The topological polar surface area (TPSA) is 120 Å². The number of amides is 1. The Balaban J connectivity index is 2.38. The molecule has 0 aliphatic heterocycles. The summed E-state index contributed by atoms with van der Waals surface area (Å²) in [5.74, 6) is 6.46. The fourth-order valence-corrected chi connectivity index (χ4v) is 1.57. The van der Waals surface area contributed by atoms with E-state index in [0.29, 0.717) is 23.2 Å². The average Bonchev–Trinajstić information content (AvgIpc) is 2.96. The zero-order chi connectivity index (χ0) is 14.5. The van der Waals surface area contributed by atoms with E-state index in [4.69, 9.17) is 10.6 Å². The van der Waals surface area contributed by atoms with E-state index in [9.17, 15) is 4.79 Å². The van der Waals surface area contributed by atoms with Crippen LogP contribution in [0.3, 0.4) is 0 Å². The number of carbonyl (C=O) groups is 1. The molecule has 0 fully saturated rings. The minimum absolute atomic E-state index is 0.242. The molecule has 0 saturated heterocycles. The van der Waals surface area contributed by atoms with Crippen LogP contribution in [-0.2, 0) is 11.3 Å². The molecular weight excluding hydrogens is 262 g/mol. The van der Waals surface area contributed by atoms with E-state index in [0.717, 1.165) is 0 Å². The van der Waals surface area contributed by atoms with Gasteiger partial charge in [0.05, 0.1) is 0 Å². The standard InChI is InChI=1S/C11H15N7O2/c1-13-11(19)7-3-4-18(17-7)10-5-8(16-12)14-9(15-10)6-20-2/h3-5H,6,12H2,1-2H3,(H,13,19)(H,14,15,16). The van der Waals surface area contributed by atoms with Gasteiger partial charge in [0.15, 0.2) is 17.3 Å². The third-order valence-electron chi connectivity index (χ3n) is 2.46. The van der Waals surface area contributed by atoms with Gasteiger partial charge >= 0.3 is 0 Å². The van der Waals surface area contributed by atoms with Crippen molar-refractivity contribution in [2.45, 2.75) is 6.61 Å². The number of nitrogen functional groups attached to an aromatic ring is 1. The number of aromatic nitrogens is 4. The molecule has 0 atom stereocenters. The zero-order valence-electron chi connectivity index (χ0n) is 11.1. The Morgan fingerprint density at radius 1 is 1.50 bits per heavy atom. The lowest BCUT2D eigenvalue weighted by molar-refractivity contribution is 0.0957. The van der Waals surface area contributed by atoms with Crippen LogP contribution in [0, 0.1) is 0 Å². The highest BCUT2D eigenvalue weighted by Crippen LogP contribution is 2.11. The van der Waals surface area contributed by atoms with Crippen molar-refractivity contribution in [3.8, 4) is 5.82 Å². The van der Waals surface area contributed by atoms with Crippen LogP contribution in [0.15, 0.2) is 18.3 Å². The summed E-state index contributed by atoms with van der Waals surface area (Å²) < 4.78 is 6.46. The zero-order valence-corrected chi connectivity index (χ0v) is 11.1. The van der Waals surface area contributed by atoms with Crippen molar-refractivity contribution < 1.29 is 9.53 Å². The number of nitrogens with one attached hydrogen (secondary N) is 2. The highest BCUT2D eigenvalue weighted by molar-refractivity contribution is 5.91. The lowest BCUT2D eigenvalue weighted by Crippen LogP contribution is -2.19. The van der Waals surface area contributed by atoms with Crippen molar-refractivity contribution in [1.82, 2.24) is 25.1 Å². The first-order valence-corrected chi connectivity index (χ1v) is 5.79. The second-order valence-corrected chi connectivity index (χ2v) is 3.83. The molecule has 0 saturated carbocycles. The number of nitrogens with two attached hydrogens (primary N) is 1. The molecule has 0 bridgehead atoms. The summed E-state index contributed by atoms with van der Waals surface area (Å²) in [6, 6.07) is 3.20. The third-order valence-corrected chi connectivity index (χ3v) is 2.46. The SMILES string of the molecule is CNC(=O)c1ccn(-c2cc(NN)nc(COC)n2)n1. The predicted molar refractivity (Wildman–Crippen MR) is 71.1 cm³/mol. The monoisotopic (exact) mass is 277 g/mol. The Labute approximate surface area is 115 Å². The van der Waals surface area contributed by atoms with E-state index in [1.807, 2.05) is 0 Å². The lowest BCUT2D eigenvalue weighted by atomic mass is 10.4. The van der Waals surface area contributed by atoms with E-state index in [-0.39, 0.29) is 12.5 Å². The number of nitrogens with zero attached hydrogens (tertiary/aromatic N) is 4. The average molecular weight is 277 g/mol. The van der Waals surface area contributed by atoms with Crippen LogP contribution >= 0.6 is 0 Å². The summed E-state index contributed by atoms with van der Waals surface area (Å²) in [5, 5.41) is 6.63. The van der Waals surface area contributed by atoms with E-state index >= 15 is 0 Å². The van der Waals surface area contributed by atoms with Gasteiger partial charge in [-0.3, -0.25) is 4.79 Å². The van der Waals surface area contributed by atoms with E-state index in [2.05, 4.69) is 25.8 Å². The first-order valence-electron chi connectivity index (χ1n) is 5.79. The summed E-state index contributed by atoms with van der Waals surface area (Å²) in [7, 11) is 3.09.